The summed E-state index contributed by atoms with van der Waals surface area (Å²) >= 11 is 0. The number of carbonyl (C=O) groups excluding carboxylic acids is 1. The number of methoxy groups -OCH3 is 1. The van der Waals surface area contributed by atoms with Gasteiger partial charge in [-0.1, -0.05) is 74.8 Å². The van der Waals surface area contributed by atoms with E-state index in [-0.39, 0.29) is 12.4 Å². The largest absolute Gasteiger partial charge is 0.469 e. The topological polar surface area (TPSA) is 87.0 Å². The molecule has 0 aliphatic rings. The maximum Gasteiger partial charge on any atom is 0.305 e. The average Bonchev–Trinajstić information content (AvgIpc) is 2.70. The van der Waals surface area contributed by atoms with E-state index in [0.717, 1.165) is 36.8 Å². The molecule has 1 aromatic rings. The van der Waals surface area contributed by atoms with Crippen LogP contribution in [0.3, 0.4) is 0 Å². The highest BCUT2D eigenvalue weighted by atomic mass is 16.5. The van der Waals surface area contributed by atoms with Crippen LogP contribution in [0.4, 0.5) is 0 Å². The molecule has 0 amide bonds. The molecule has 0 radical (unpaired) electrons. The summed E-state index contributed by atoms with van der Waals surface area (Å²) in [6, 6.07) is 7.66. The van der Waals surface area contributed by atoms with Gasteiger partial charge < -0.3 is 20.1 Å². The van der Waals surface area contributed by atoms with Gasteiger partial charge in [0.2, 0.25) is 0 Å². The molecule has 3 atom stereocenters. The van der Waals surface area contributed by atoms with Crippen molar-refractivity contribution in [3.8, 4) is 0 Å². The fourth-order valence-corrected chi connectivity index (χ4v) is 2.79. The number of aliphatic hydroxyl groups is 3. The second-order valence-electron chi connectivity index (χ2n) is 6.94. The van der Waals surface area contributed by atoms with Gasteiger partial charge in [-0.2, -0.15) is 0 Å². The van der Waals surface area contributed by atoms with Crippen molar-refractivity contribution in [1.29, 1.82) is 0 Å². The third-order valence-corrected chi connectivity index (χ3v) is 4.57. The Labute approximate surface area is 168 Å². The molecule has 5 nitrogen and oxygen atoms in total. The van der Waals surface area contributed by atoms with Crippen molar-refractivity contribution in [3.63, 3.8) is 0 Å². The molecular weight excluding hydrogens is 356 g/mol. The molecule has 0 spiro atoms. The normalized spacial score (nSPS) is 15.0. The Morgan fingerprint density at radius 2 is 1.64 bits per heavy atom. The molecule has 1 aromatic carbocycles. The Morgan fingerprint density at radius 1 is 1.00 bits per heavy atom. The minimum absolute atomic E-state index is 0.220. The summed E-state index contributed by atoms with van der Waals surface area (Å²) in [6.07, 6.45) is 9.54. The lowest BCUT2D eigenvalue weighted by molar-refractivity contribution is -0.140. The Kier molecular flexibility index (Phi) is 12.1. The van der Waals surface area contributed by atoms with Crippen LogP contribution in [0.15, 0.2) is 36.4 Å². The summed E-state index contributed by atoms with van der Waals surface area (Å²) in [4.78, 5) is 11.1. The highest BCUT2D eigenvalue weighted by Crippen LogP contribution is 2.16. The zero-order valence-corrected chi connectivity index (χ0v) is 17.0. The van der Waals surface area contributed by atoms with Crippen LogP contribution in [-0.2, 0) is 9.53 Å². The minimum atomic E-state index is -1.02. The zero-order valence-electron chi connectivity index (χ0n) is 17.0. The van der Waals surface area contributed by atoms with Crippen LogP contribution in [0.2, 0.25) is 0 Å². The summed E-state index contributed by atoms with van der Waals surface area (Å²) in [6.45, 7) is 2.13. The van der Waals surface area contributed by atoms with E-state index >= 15 is 0 Å². The first kappa shape index (κ1) is 24.1. The molecule has 0 aliphatic carbocycles. The maximum atomic E-state index is 11.1. The van der Waals surface area contributed by atoms with Crippen molar-refractivity contribution < 1.29 is 24.9 Å². The smallest absolute Gasteiger partial charge is 0.305 e. The number of aliphatic hydroxyl groups excluding tert-OH is 3. The van der Waals surface area contributed by atoms with Gasteiger partial charge in [-0.25, -0.2) is 0 Å². The van der Waals surface area contributed by atoms with Gasteiger partial charge in [0.05, 0.1) is 25.4 Å². The van der Waals surface area contributed by atoms with Crippen molar-refractivity contribution in [2.75, 3.05) is 7.11 Å². The van der Waals surface area contributed by atoms with Crippen molar-refractivity contribution in [2.45, 2.75) is 70.2 Å². The first-order chi connectivity index (χ1) is 13.5. The first-order valence-corrected chi connectivity index (χ1v) is 10.0. The number of unbranched alkanes of at least 4 members (excludes halogenated alkanes) is 2. The molecule has 1 rings (SSSR count). The lowest BCUT2D eigenvalue weighted by Crippen LogP contribution is -2.23. The highest BCUT2D eigenvalue weighted by molar-refractivity contribution is 5.69. The van der Waals surface area contributed by atoms with Crippen LogP contribution in [0.25, 0.3) is 12.2 Å². The molecule has 0 fully saturated rings. The molecule has 0 bridgehead atoms. The predicted octanol–water partition coefficient (Wildman–Crippen LogP) is 3.72. The Hall–Kier alpha value is -1.95. The quantitative estimate of drug-likeness (QED) is 0.353. The molecule has 0 saturated heterocycles. The minimum Gasteiger partial charge on any atom is -0.469 e. The van der Waals surface area contributed by atoms with Crippen molar-refractivity contribution in [1.82, 2.24) is 0 Å². The molecular formula is C23H34O5. The molecule has 0 aromatic heterocycles. The Balaban J connectivity index is 2.62. The van der Waals surface area contributed by atoms with Gasteiger partial charge in [0, 0.05) is 6.42 Å². The zero-order chi connectivity index (χ0) is 20.8. The van der Waals surface area contributed by atoms with Crippen molar-refractivity contribution in [2.24, 2.45) is 0 Å². The van der Waals surface area contributed by atoms with Gasteiger partial charge in [-0.3, -0.25) is 4.79 Å². The maximum absolute atomic E-state index is 11.1. The van der Waals surface area contributed by atoms with Gasteiger partial charge >= 0.3 is 5.97 Å². The summed E-state index contributed by atoms with van der Waals surface area (Å²) < 4.78 is 4.56. The summed E-state index contributed by atoms with van der Waals surface area (Å²) in [7, 11) is 1.33. The number of ether oxygens (including phenoxy) is 1. The van der Waals surface area contributed by atoms with Crippen LogP contribution in [0.5, 0.6) is 0 Å². The van der Waals surface area contributed by atoms with E-state index in [1.54, 1.807) is 18.2 Å². The van der Waals surface area contributed by atoms with E-state index in [9.17, 15) is 20.1 Å². The molecule has 0 aliphatic heterocycles. The summed E-state index contributed by atoms with van der Waals surface area (Å²) in [5.41, 5.74) is 1.82. The fraction of sp³-hybridized carbons (Fsp3) is 0.522. The fourth-order valence-electron chi connectivity index (χ4n) is 2.79. The monoisotopic (exact) mass is 390 g/mol. The Bertz CT molecular complexity index is 623. The first-order valence-electron chi connectivity index (χ1n) is 10.0. The van der Waals surface area contributed by atoms with E-state index < -0.39 is 18.3 Å². The summed E-state index contributed by atoms with van der Waals surface area (Å²) in [5, 5.41) is 30.2. The number of hydrogen-bond donors (Lipinski definition) is 3. The Morgan fingerprint density at radius 3 is 2.25 bits per heavy atom. The predicted molar refractivity (Wildman–Crippen MR) is 113 cm³/mol. The third-order valence-electron chi connectivity index (χ3n) is 4.57. The molecule has 28 heavy (non-hydrogen) atoms. The van der Waals surface area contributed by atoms with E-state index in [1.807, 2.05) is 30.3 Å². The second-order valence-corrected chi connectivity index (χ2v) is 6.94. The van der Waals surface area contributed by atoms with Crippen LogP contribution in [0.1, 0.15) is 63.0 Å². The molecule has 5 heteroatoms. The van der Waals surface area contributed by atoms with Gasteiger partial charge in [0.25, 0.3) is 0 Å². The van der Waals surface area contributed by atoms with Crippen LogP contribution in [-0.4, -0.2) is 46.7 Å². The lowest BCUT2D eigenvalue weighted by atomic mass is 10.0. The van der Waals surface area contributed by atoms with Crippen molar-refractivity contribution >= 4 is 18.1 Å². The van der Waals surface area contributed by atoms with Crippen LogP contribution >= 0.6 is 0 Å². The number of benzene rings is 1. The third kappa shape index (κ3) is 9.83. The lowest BCUT2D eigenvalue weighted by Gasteiger charge is -2.14. The van der Waals surface area contributed by atoms with Crippen molar-refractivity contribution in [3.05, 3.63) is 47.5 Å². The van der Waals surface area contributed by atoms with E-state index in [4.69, 9.17) is 0 Å². The standard InChI is InChI=1S/C23H34O5/c1-3-4-5-11-20(24)16-14-18-9-6-7-10-19(18)15-17-22(26)21(25)12-8-13-23(27)28-2/h6-7,9-10,14-17,20-22,24-26H,3-5,8,11-13H2,1-2H3/b16-14+,17-15+/t20-,21+,22-/m1/s1. The van der Waals surface area contributed by atoms with Gasteiger partial charge in [0.1, 0.15) is 0 Å². The number of carbonyl (C=O) groups is 1. The number of esters is 1. The molecule has 0 unspecified atom stereocenters. The molecule has 156 valence electrons. The number of hydrogen-bond acceptors (Lipinski definition) is 5. The molecule has 0 saturated carbocycles. The van der Waals surface area contributed by atoms with E-state index in [2.05, 4.69) is 11.7 Å². The van der Waals surface area contributed by atoms with Crippen LogP contribution in [0, 0.1) is 0 Å². The second kappa shape index (κ2) is 14.1. The van der Waals surface area contributed by atoms with Gasteiger partial charge in [0.15, 0.2) is 0 Å². The molecule has 3 N–H and O–H groups in total. The number of rotatable bonds is 13. The van der Waals surface area contributed by atoms with Gasteiger partial charge in [-0.15, -0.1) is 0 Å². The van der Waals surface area contributed by atoms with Gasteiger partial charge in [-0.05, 0) is 30.4 Å². The van der Waals surface area contributed by atoms with E-state index in [1.165, 1.54) is 7.11 Å². The average molecular weight is 391 g/mol. The SMILES string of the molecule is CCCCC[C@@H](O)/C=C/c1ccccc1/C=C/[C@@H](O)[C@@H](O)CCCC(=O)OC. The van der Waals surface area contributed by atoms with Crippen LogP contribution < -0.4 is 0 Å². The van der Waals surface area contributed by atoms with E-state index in [0.29, 0.717) is 12.8 Å². The summed E-state index contributed by atoms with van der Waals surface area (Å²) in [5.74, 6) is -0.324. The highest BCUT2D eigenvalue weighted by Gasteiger charge is 2.14. The molecule has 0 heterocycles.